The van der Waals surface area contributed by atoms with E-state index < -0.39 is 12.1 Å². The van der Waals surface area contributed by atoms with Gasteiger partial charge >= 0.3 is 6.03 Å². The van der Waals surface area contributed by atoms with E-state index in [0.717, 1.165) is 17.5 Å². The molecule has 2 aromatic carbocycles. The molecule has 1 unspecified atom stereocenters. The van der Waals surface area contributed by atoms with E-state index >= 15 is 0 Å². The average Bonchev–Trinajstić information content (AvgIpc) is 2.59. The van der Waals surface area contributed by atoms with Crippen LogP contribution >= 0.6 is 0 Å². The van der Waals surface area contributed by atoms with Crippen LogP contribution in [0.2, 0.25) is 0 Å². The molecule has 0 fully saturated rings. The van der Waals surface area contributed by atoms with Crippen molar-refractivity contribution in [1.82, 2.24) is 5.32 Å². The van der Waals surface area contributed by atoms with Crippen LogP contribution in [0.3, 0.4) is 0 Å². The molecular formula is C20H24N2O3. The molecule has 0 aliphatic heterocycles. The highest BCUT2D eigenvalue weighted by Crippen LogP contribution is 2.17. The first-order valence-electron chi connectivity index (χ1n) is 8.33. The second kappa shape index (κ2) is 8.44. The van der Waals surface area contributed by atoms with Crippen molar-refractivity contribution in [2.45, 2.75) is 33.2 Å². The number of anilines is 1. The van der Waals surface area contributed by atoms with Crippen LogP contribution in [0.4, 0.5) is 10.5 Å². The van der Waals surface area contributed by atoms with Crippen molar-refractivity contribution in [2.24, 2.45) is 0 Å². The van der Waals surface area contributed by atoms with Crippen molar-refractivity contribution in [2.75, 3.05) is 11.9 Å². The van der Waals surface area contributed by atoms with Gasteiger partial charge in [0.2, 0.25) is 0 Å². The van der Waals surface area contributed by atoms with Crippen LogP contribution in [0, 0.1) is 6.92 Å². The fraction of sp³-hybridized carbons (Fsp3) is 0.300. The van der Waals surface area contributed by atoms with E-state index in [1.54, 1.807) is 18.2 Å². The molecule has 0 saturated heterocycles. The van der Waals surface area contributed by atoms with Crippen molar-refractivity contribution in [3.05, 3.63) is 64.7 Å². The number of hydrogen-bond acceptors (Lipinski definition) is 3. The van der Waals surface area contributed by atoms with Gasteiger partial charge in [-0.3, -0.25) is 4.79 Å². The van der Waals surface area contributed by atoms with Crippen molar-refractivity contribution in [1.29, 1.82) is 0 Å². The Hall–Kier alpha value is -2.66. The summed E-state index contributed by atoms with van der Waals surface area (Å²) in [7, 11) is 0. The average molecular weight is 340 g/mol. The molecule has 25 heavy (non-hydrogen) atoms. The monoisotopic (exact) mass is 340 g/mol. The number of ketones is 1. The molecule has 5 heteroatoms. The number of aryl methyl sites for hydroxylation is 2. The molecule has 132 valence electrons. The summed E-state index contributed by atoms with van der Waals surface area (Å²) in [4.78, 5) is 23.7. The third-order valence-corrected chi connectivity index (χ3v) is 4.14. The fourth-order valence-corrected chi connectivity index (χ4v) is 2.68. The van der Waals surface area contributed by atoms with Gasteiger partial charge in [0.1, 0.15) is 0 Å². The molecule has 0 aliphatic rings. The molecule has 0 bridgehead atoms. The maximum Gasteiger partial charge on any atom is 0.319 e. The number of urea groups is 1. The van der Waals surface area contributed by atoms with E-state index in [1.165, 1.54) is 12.5 Å². The van der Waals surface area contributed by atoms with Gasteiger partial charge in [-0.25, -0.2) is 4.79 Å². The molecule has 0 aliphatic carbocycles. The SMILES string of the molecule is CCc1ccc(C(CO)NC(=O)Nc2ccc(C(C)=O)c(C)c2)cc1. The first kappa shape index (κ1) is 18.7. The van der Waals surface area contributed by atoms with Crippen LogP contribution in [0.5, 0.6) is 0 Å². The number of carbonyl (C=O) groups is 2. The van der Waals surface area contributed by atoms with E-state index in [-0.39, 0.29) is 12.4 Å². The summed E-state index contributed by atoms with van der Waals surface area (Å²) in [6.07, 6.45) is 0.938. The molecule has 0 heterocycles. The second-order valence-corrected chi connectivity index (χ2v) is 6.01. The van der Waals surface area contributed by atoms with Gasteiger partial charge in [-0.1, -0.05) is 31.2 Å². The van der Waals surface area contributed by atoms with Crippen molar-refractivity contribution in [3.8, 4) is 0 Å². The maximum absolute atomic E-state index is 12.2. The zero-order valence-corrected chi connectivity index (χ0v) is 14.8. The molecule has 3 N–H and O–H groups in total. The molecule has 0 spiro atoms. The number of Topliss-reactive ketones (excluding diaryl/α,β-unsaturated/α-hetero) is 1. The number of carbonyl (C=O) groups excluding carboxylic acids is 2. The smallest absolute Gasteiger partial charge is 0.319 e. The normalized spacial score (nSPS) is 11.7. The molecular weight excluding hydrogens is 316 g/mol. The maximum atomic E-state index is 12.2. The van der Waals surface area contributed by atoms with E-state index in [2.05, 4.69) is 17.6 Å². The molecule has 2 rings (SSSR count). The van der Waals surface area contributed by atoms with Gasteiger partial charge in [0.25, 0.3) is 0 Å². The summed E-state index contributed by atoms with van der Waals surface area (Å²) in [5.41, 5.74) is 4.08. The Bertz CT molecular complexity index is 754. The van der Waals surface area contributed by atoms with Crippen LogP contribution in [0.15, 0.2) is 42.5 Å². The zero-order chi connectivity index (χ0) is 18.4. The van der Waals surface area contributed by atoms with E-state index in [9.17, 15) is 14.7 Å². The number of amides is 2. The van der Waals surface area contributed by atoms with E-state index in [0.29, 0.717) is 11.3 Å². The summed E-state index contributed by atoms with van der Waals surface area (Å²) in [6, 6.07) is 12.0. The molecule has 0 radical (unpaired) electrons. The van der Waals surface area contributed by atoms with Crippen molar-refractivity contribution in [3.63, 3.8) is 0 Å². The molecule has 2 aromatic rings. The lowest BCUT2D eigenvalue weighted by atomic mass is 10.0. The van der Waals surface area contributed by atoms with Gasteiger partial charge in [-0.15, -0.1) is 0 Å². The Morgan fingerprint density at radius 1 is 1.12 bits per heavy atom. The van der Waals surface area contributed by atoms with Crippen molar-refractivity contribution < 1.29 is 14.7 Å². The van der Waals surface area contributed by atoms with Crippen molar-refractivity contribution >= 4 is 17.5 Å². The zero-order valence-electron chi connectivity index (χ0n) is 14.8. The van der Waals surface area contributed by atoms with Crippen LogP contribution in [0.25, 0.3) is 0 Å². The highest BCUT2D eigenvalue weighted by Gasteiger charge is 2.14. The number of nitrogens with one attached hydrogen (secondary N) is 2. The molecule has 1 atom stereocenters. The topological polar surface area (TPSA) is 78.4 Å². The predicted octanol–water partition coefficient (Wildman–Crippen LogP) is 3.62. The third-order valence-electron chi connectivity index (χ3n) is 4.14. The highest BCUT2D eigenvalue weighted by molar-refractivity contribution is 5.97. The van der Waals surface area contributed by atoms with Crippen LogP contribution < -0.4 is 10.6 Å². The summed E-state index contributed by atoms with van der Waals surface area (Å²) in [5.74, 6) is -0.00984. The Morgan fingerprint density at radius 3 is 2.32 bits per heavy atom. The summed E-state index contributed by atoms with van der Waals surface area (Å²) in [5, 5.41) is 15.1. The van der Waals surface area contributed by atoms with Crippen LogP contribution in [-0.4, -0.2) is 23.5 Å². The molecule has 0 aromatic heterocycles. The number of benzene rings is 2. The summed E-state index contributed by atoms with van der Waals surface area (Å²) in [6.45, 7) is 5.22. The first-order valence-corrected chi connectivity index (χ1v) is 8.33. The quantitative estimate of drug-likeness (QED) is 0.703. The molecule has 5 nitrogen and oxygen atoms in total. The minimum Gasteiger partial charge on any atom is -0.394 e. The number of aliphatic hydroxyl groups excluding tert-OH is 1. The lowest BCUT2D eigenvalue weighted by Gasteiger charge is -2.18. The summed E-state index contributed by atoms with van der Waals surface area (Å²) >= 11 is 0. The van der Waals surface area contributed by atoms with Crippen LogP contribution in [-0.2, 0) is 6.42 Å². The van der Waals surface area contributed by atoms with Crippen LogP contribution in [0.1, 0.15) is 46.9 Å². The van der Waals surface area contributed by atoms with Gasteiger partial charge in [0.15, 0.2) is 5.78 Å². The third kappa shape index (κ3) is 4.90. The standard InChI is InChI=1S/C20H24N2O3/c1-4-15-5-7-16(8-6-15)19(12-23)22-20(25)21-17-9-10-18(14(3)24)13(2)11-17/h5-11,19,23H,4,12H2,1-3H3,(H2,21,22,25). The molecule has 0 saturated carbocycles. The van der Waals surface area contributed by atoms with E-state index in [1.807, 2.05) is 31.2 Å². The predicted molar refractivity (Wildman–Crippen MR) is 99.0 cm³/mol. The number of aliphatic hydroxyl groups is 1. The van der Waals surface area contributed by atoms with E-state index in [4.69, 9.17) is 0 Å². The lowest BCUT2D eigenvalue weighted by Crippen LogP contribution is -2.34. The number of rotatable bonds is 6. The number of hydrogen-bond donors (Lipinski definition) is 3. The summed E-state index contributed by atoms with van der Waals surface area (Å²) < 4.78 is 0. The van der Waals surface area contributed by atoms with Gasteiger partial charge < -0.3 is 15.7 Å². The molecule has 2 amide bonds. The Kier molecular flexibility index (Phi) is 6.31. The van der Waals surface area contributed by atoms with Gasteiger partial charge in [0, 0.05) is 11.3 Å². The lowest BCUT2D eigenvalue weighted by molar-refractivity contribution is 0.101. The highest BCUT2D eigenvalue weighted by atomic mass is 16.3. The second-order valence-electron chi connectivity index (χ2n) is 6.01. The Balaban J connectivity index is 2.04. The van der Waals surface area contributed by atoms with Gasteiger partial charge in [-0.2, -0.15) is 0 Å². The largest absolute Gasteiger partial charge is 0.394 e. The first-order chi connectivity index (χ1) is 11.9. The van der Waals surface area contributed by atoms with Gasteiger partial charge in [-0.05, 0) is 55.2 Å². The Morgan fingerprint density at radius 2 is 1.80 bits per heavy atom. The minimum atomic E-state index is -0.483. The Labute approximate surface area is 148 Å². The van der Waals surface area contributed by atoms with Gasteiger partial charge in [0.05, 0.1) is 12.6 Å². The fourth-order valence-electron chi connectivity index (χ4n) is 2.68. The minimum absolute atomic E-state index is 0.00984.